The Morgan fingerprint density at radius 1 is 1.39 bits per heavy atom. The molecule has 0 radical (unpaired) electrons. The number of hydrogen-bond donors (Lipinski definition) is 0. The molecule has 0 fully saturated rings. The van der Waals surface area contributed by atoms with Gasteiger partial charge in [-0.15, -0.1) is 0 Å². The molecule has 0 saturated heterocycles. The van der Waals surface area contributed by atoms with Gasteiger partial charge in [0.25, 0.3) is 0 Å². The van der Waals surface area contributed by atoms with Crippen molar-refractivity contribution in [2.24, 2.45) is 0 Å². The molecule has 1 aromatic rings. The van der Waals surface area contributed by atoms with Gasteiger partial charge >= 0.3 is 5.51 Å². The summed E-state index contributed by atoms with van der Waals surface area (Å²) in [6.45, 7) is 3.50. The van der Waals surface area contributed by atoms with Gasteiger partial charge in [-0.05, 0) is 37.7 Å². The van der Waals surface area contributed by atoms with Crippen LogP contribution in [0.1, 0.15) is 19.4 Å². The van der Waals surface area contributed by atoms with E-state index in [1.54, 1.807) is 6.92 Å². The first kappa shape index (κ1) is 14.9. The molecule has 0 aliphatic carbocycles. The second-order valence-corrected chi connectivity index (χ2v) is 4.77. The molecule has 0 atom stereocenters. The molecule has 0 heterocycles. The largest absolute Gasteiger partial charge is 0.494 e. The third-order valence-electron chi connectivity index (χ3n) is 2.01. The highest BCUT2D eigenvalue weighted by Gasteiger charge is 2.29. The number of ether oxygens (including phenoxy) is 1. The summed E-state index contributed by atoms with van der Waals surface area (Å²) in [5.74, 6) is 0.272. The topological polar surface area (TPSA) is 26.3 Å². The van der Waals surface area contributed by atoms with Gasteiger partial charge < -0.3 is 4.74 Å². The van der Waals surface area contributed by atoms with Crippen LogP contribution in [0.5, 0.6) is 5.75 Å². The van der Waals surface area contributed by atoms with Gasteiger partial charge in [-0.3, -0.25) is 4.79 Å². The van der Waals surface area contributed by atoms with Gasteiger partial charge in [-0.25, -0.2) is 0 Å². The van der Waals surface area contributed by atoms with Crippen molar-refractivity contribution in [2.45, 2.75) is 30.7 Å². The van der Waals surface area contributed by atoms with Crippen LogP contribution in [0, 0.1) is 0 Å². The van der Waals surface area contributed by atoms with Crippen LogP contribution >= 0.6 is 11.8 Å². The molecule has 0 spiro atoms. The van der Waals surface area contributed by atoms with Crippen molar-refractivity contribution < 1.29 is 22.7 Å². The van der Waals surface area contributed by atoms with Crippen molar-refractivity contribution >= 4 is 17.5 Å². The zero-order valence-corrected chi connectivity index (χ0v) is 10.8. The summed E-state index contributed by atoms with van der Waals surface area (Å²) in [6.07, 6.45) is 0.159. The van der Waals surface area contributed by atoms with Gasteiger partial charge in [0, 0.05) is 16.9 Å². The zero-order chi connectivity index (χ0) is 13.8. The molecule has 0 aromatic heterocycles. The maximum atomic E-state index is 12.2. The Hall–Kier alpha value is -1.17. The summed E-state index contributed by atoms with van der Waals surface area (Å²) < 4.78 is 42.0. The minimum atomic E-state index is -4.33. The number of alkyl halides is 3. The van der Waals surface area contributed by atoms with Crippen LogP contribution < -0.4 is 4.74 Å². The number of rotatable bonds is 5. The quantitative estimate of drug-likeness (QED) is 0.766. The molecule has 0 unspecified atom stereocenters. The molecular weight excluding hydrogens is 265 g/mol. The van der Waals surface area contributed by atoms with Crippen LogP contribution in [-0.4, -0.2) is 17.9 Å². The predicted molar refractivity (Wildman–Crippen MR) is 63.9 cm³/mol. The highest BCUT2D eigenvalue weighted by molar-refractivity contribution is 8.00. The SMILES string of the molecule is CCOc1cc(SC(F)(F)F)ccc1CC(C)=O. The molecule has 0 bridgehead atoms. The van der Waals surface area contributed by atoms with E-state index in [1.165, 1.54) is 25.1 Å². The van der Waals surface area contributed by atoms with Crippen molar-refractivity contribution in [3.8, 4) is 5.75 Å². The number of carbonyl (C=O) groups is 1. The van der Waals surface area contributed by atoms with Crippen molar-refractivity contribution in [1.29, 1.82) is 0 Å². The second-order valence-electron chi connectivity index (χ2n) is 3.63. The fraction of sp³-hybridized carbons (Fsp3) is 0.417. The highest BCUT2D eigenvalue weighted by atomic mass is 32.2. The van der Waals surface area contributed by atoms with Crippen LogP contribution in [0.3, 0.4) is 0 Å². The Kier molecular flexibility index (Phi) is 5.07. The number of Topliss-reactive ketones (excluding diaryl/α,β-unsaturated/α-hetero) is 1. The van der Waals surface area contributed by atoms with Crippen molar-refractivity contribution in [3.05, 3.63) is 23.8 Å². The van der Waals surface area contributed by atoms with E-state index in [1.807, 2.05) is 0 Å². The summed E-state index contributed by atoms with van der Waals surface area (Å²) in [5, 5.41) is 0. The van der Waals surface area contributed by atoms with Crippen molar-refractivity contribution in [3.63, 3.8) is 0 Å². The number of halogens is 3. The van der Waals surface area contributed by atoms with E-state index in [0.717, 1.165) is 0 Å². The Morgan fingerprint density at radius 2 is 2.06 bits per heavy atom. The minimum Gasteiger partial charge on any atom is -0.494 e. The van der Waals surface area contributed by atoms with Gasteiger partial charge in [0.15, 0.2) is 0 Å². The molecule has 0 saturated carbocycles. The highest BCUT2D eigenvalue weighted by Crippen LogP contribution is 2.38. The molecule has 0 amide bonds. The van der Waals surface area contributed by atoms with Crippen molar-refractivity contribution in [2.75, 3.05) is 6.61 Å². The van der Waals surface area contributed by atoms with Gasteiger partial charge in [0.2, 0.25) is 0 Å². The number of ketones is 1. The van der Waals surface area contributed by atoms with E-state index in [2.05, 4.69) is 0 Å². The average Bonchev–Trinajstić information content (AvgIpc) is 2.19. The lowest BCUT2D eigenvalue weighted by molar-refractivity contribution is -0.116. The number of carbonyl (C=O) groups excluding carboxylic acids is 1. The monoisotopic (exact) mass is 278 g/mol. The summed E-state index contributed by atoms with van der Waals surface area (Å²) >= 11 is -0.197. The normalized spacial score (nSPS) is 11.4. The fourth-order valence-corrected chi connectivity index (χ4v) is 2.01. The third kappa shape index (κ3) is 5.00. The number of thioether (sulfide) groups is 1. The van der Waals surface area contributed by atoms with E-state index in [9.17, 15) is 18.0 Å². The van der Waals surface area contributed by atoms with E-state index in [-0.39, 0.29) is 28.9 Å². The van der Waals surface area contributed by atoms with Crippen LogP contribution in [0.15, 0.2) is 23.1 Å². The van der Waals surface area contributed by atoms with Crippen LogP contribution in [0.2, 0.25) is 0 Å². The molecular formula is C12H13F3O2S. The molecule has 1 rings (SSSR count). The Balaban J connectivity index is 2.98. The molecule has 1 aromatic carbocycles. The Bertz CT molecular complexity index is 430. The van der Waals surface area contributed by atoms with Gasteiger partial charge in [0.1, 0.15) is 11.5 Å². The minimum absolute atomic E-state index is 0.0539. The third-order valence-corrected chi connectivity index (χ3v) is 2.73. The smallest absolute Gasteiger partial charge is 0.446 e. The summed E-state index contributed by atoms with van der Waals surface area (Å²) in [4.78, 5) is 11.1. The first-order chi connectivity index (χ1) is 8.31. The van der Waals surface area contributed by atoms with Gasteiger partial charge in [-0.1, -0.05) is 6.07 Å². The molecule has 100 valence electrons. The lowest BCUT2D eigenvalue weighted by Crippen LogP contribution is -2.03. The van der Waals surface area contributed by atoms with Gasteiger partial charge in [-0.2, -0.15) is 13.2 Å². The summed E-state index contributed by atoms with van der Waals surface area (Å²) in [5.41, 5.74) is -3.72. The predicted octanol–water partition coefficient (Wildman–Crippen LogP) is 3.83. The lowest BCUT2D eigenvalue weighted by atomic mass is 10.1. The Labute approximate surface area is 108 Å². The molecule has 0 aliphatic rings. The standard InChI is InChI=1S/C12H13F3O2S/c1-3-17-11-7-10(18-12(13,14)15)5-4-9(11)6-8(2)16/h4-5,7H,3,6H2,1-2H3. The fourth-order valence-electron chi connectivity index (χ4n) is 1.44. The number of benzene rings is 1. The molecule has 6 heteroatoms. The average molecular weight is 278 g/mol. The maximum absolute atomic E-state index is 12.2. The van der Waals surface area contributed by atoms with Crippen LogP contribution in [-0.2, 0) is 11.2 Å². The lowest BCUT2D eigenvalue weighted by Gasteiger charge is -2.12. The summed E-state index contributed by atoms with van der Waals surface area (Å²) in [6, 6.07) is 4.17. The second kappa shape index (κ2) is 6.13. The first-order valence-electron chi connectivity index (χ1n) is 5.32. The van der Waals surface area contributed by atoms with E-state index < -0.39 is 5.51 Å². The number of hydrogen-bond acceptors (Lipinski definition) is 3. The van der Waals surface area contributed by atoms with E-state index >= 15 is 0 Å². The maximum Gasteiger partial charge on any atom is 0.446 e. The summed E-state index contributed by atoms with van der Waals surface area (Å²) in [7, 11) is 0. The first-order valence-corrected chi connectivity index (χ1v) is 6.14. The molecule has 0 N–H and O–H groups in total. The zero-order valence-electron chi connectivity index (χ0n) is 10.0. The van der Waals surface area contributed by atoms with Crippen molar-refractivity contribution in [1.82, 2.24) is 0 Å². The van der Waals surface area contributed by atoms with Crippen LogP contribution in [0.25, 0.3) is 0 Å². The van der Waals surface area contributed by atoms with E-state index in [0.29, 0.717) is 17.9 Å². The molecule has 2 nitrogen and oxygen atoms in total. The molecule has 18 heavy (non-hydrogen) atoms. The van der Waals surface area contributed by atoms with E-state index in [4.69, 9.17) is 4.74 Å². The van der Waals surface area contributed by atoms with Gasteiger partial charge in [0.05, 0.1) is 6.61 Å². The molecule has 0 aliphatic heterocycles. The Morgan fingerprint density at radius 3 is 2.56 bits per heavy atom. The van der Waals surface area contributed by atoms with Crippen LogP contribution in [0.4, 0.5) is 13.2 Å².